The number of benzene rings is 1. The van der Waals surface area contributed by atoms with Crippen molar-refractivity contribution in [1.29, 1.82) is 0 Å². The molecule has 5 nitrogen and oxygen atoms in total. The fourth-order valence-electron chi connectivity index (χ4n) is 2.19. The summed E-state index contributed by atoms with van der Waals surface area (Å²) < 4.78 is 4.91. The minimum absolute atomic E-state index is 0.152. The average molecular weight is 287 g/mol. The number of hydrogen-bond acceptors (Lipinski definition) is 4. The van der Waals surface area contributed by atoms with Gasteiger partial charge in [0.2, 0.25) is 5.91 Å². The number of nitrogens with one attached hydrogen (secondary N) is 2. The number of aryl methyl sites for hydroxylation is 2. The predicted octanol–water partition coefficient (Wildman–Crippen LogP) is 3.47. The second kappa shape index (κ2) is 6.43. The molecule has 0 saturated carbocycles. The molecule has 5 heteroatoms. The highest BCUT2D eigenvalue weighted by atomic mass is 16.5. The molecule has 1 amide bonds. The van der Waals surface area contributed by atoms with Crippen LogP contribution < -0.4 is 10.6 Å². The van der Waals surface area contributed by atoms with Gasteiger partial charge in [-0.1, -0.05) is 37.2 Å². The quantitative estimate of drug-likeness (QED) is 0.883. The Balaban J connectivity index is 2.01. The van der Waals surface area contributed by atoms with Crippen molar-refractivity contribution in [3.63, 3.8) is 0 Å². The van der Waals surface area contributed by atoms with Crippen molar-refractivity contribution in [2.24, 2.45) is 0 Å². The largest absolute Gasteiger partial charge is 0.376 e. The van der Waals surface area contributed by atoms with Gasteiger partial charge in [-0.25, -0.2) is 0 Å². The van der Waals surface area contributed by atoms with Crippen LogP contribution in [0.15, 0.2) is 28.8 Å². The number of carbonyl (C=O) groups is 1. The average Bonchev–Trinajstić information content (AvgIpc) is 2.82. The molecule has 21 heavy (non-hydrogen) atoms. The SMILES string of the molecule is Cc1cc(NC(=O)CNc2c(C)cccc2C(C)C)no1. The number of amides is 1. The fourth-order valence-corrected chi connectivity index (χ4v) is 2.19. The molecule has 112 valence electrons. The summed E-state index contributed by atoms with van der Waals surface area (Å²) in [6, 6.07) is 7.84. The van der Waals surface area contributed by atoms with Crippen LogP contribution in [0.1, 0.15) is 36.7 Å². The van der Waals surface area contributed by atoms with E-state index in [2.05, 4.69) is 35.7 Å². The van der Waals surface area contributed by atoms with E-state index in [0.29, 0.717) is 17.5 Å². The summed E-state index contributed by atoms with van der Waals surface area (Å²) in [6.45, 7) is 8.28. The van der Waals surface area contributed by atoms with Gasteiger partial charge in [0.1, 0.15) is 5.76 Å². The summed E-state index contributed by atoms with van der Waals surface area (Å²) >= 11 is 0. The number of carbonyl (C=O) groups excluding carboxylic acids is 1. The molecule has 1 aromatic carbocycles. The minimum atomic E-state index is -0.152. The van der Waals surface area contributed by atoms with Gasteiger partial charge in [-0.3, -0.25) is 4.79 Å². The Kier molecular flexibility index (Phi) is 4.62. The summed E-state index contributed by atoms with van der Waals surface area (Å²) in [5.41, 5.74) is 3.37. The van der Waals surface area contributed by atoms with Gasteiger partial charge in [0.05, 0.1) is 6.54 Å². The zero-order valence-electron chi connectivity index (χ0n) is 12.9. The molecule has 0 radical (unpaired) electrons. The number of para-hydroxylation sites is 1. The maximum atomic E-state index is 11.9. The van der Waals surface area contributed by atoms with Gasteiger partial charge < -0.3 is 15.2 Å². The molecule has 0 bridgehead atoms. The molecule has 0 spiro atoms. The molecule has 0 atom stereocenters. The molecule has 1 heterocycles. The van der Waals surface area contributed by atoms with Crippen LogP contribution >= 0.6 is 0 Å². The highest BCUT2D eigenvalue weighted by Crippen LogP contribution is 2.27. The lowest BCUT2D eigenvalue weighted by Crippen LogP contribution is -2.22. The summed E-state index contributed by atoms with van der Waals surface area (Å²) in [5.74, 6) is 1.35. The molecule has 2 N–H and O–H groups in total. The Morgan fingerprint density at radius 1 is 1.33 bits per heavy atom. The van der Waals surface area contributed by atoms with Crippen LogP contribution in [0, 0.1) is 13.8 Å². The van der Waals surface area contributed by atoms with E-state index < -0.39 is 0 Å². The molecular weight excluding hydrogens is 266 g/mol. The van der Waals surface area contributed by atoms with E-state index in [-0.39, 0.29) is 12.5 Å². The van der Waals surface area contributed by atoms with Gasteiger partial charge in [-0.2, -0.15) is 0 Å². The molecule has 1 aromatic heterocycles. The third-order valence-corrected chi connectivity index (χ3v) is 3.25. The van der Waals surface area contributed by atoms with Crippen molar-refractivity contribution in [2.45, 2.75) is 33.6 Å². The van der Waals surface area contributed by atoms with Gasteiger partial charge in [0, 0.05) is 11.8 Å². The molecule has 0 aliphatic rings. The van der Waals surface area contributed by atoms with Gasteiger partial charge in [0.15, 0.2) is 5.82 Å². The van der Waals surface area contributed by atoms with Crippen LogP contribution in [0.25, 0.3) is 0 Å². The molecule has 2 aromatic rings. The number of anilines is 2. The van der Waals surface area contributed by atoms with E-state index in [1.165, 1.54) is 5.56 Å². The Hall–Kier alpha value is -2.30. The normalized spacial score (nSPS) is 10.7. The van der Waals surface area contributed by atoms with E-state index >= 15 is 0 Å². The Labute approximate surface area is 124 Å². The van der Waals surface area contributed by atoms with E-state index in [4.69, 9.17) is 4.52 Å². The lowest BCUT2D eigenvalue weighted by molar-refractivity contribution is -0.114. The van der Waals surface area contributed by atoms with Crippen LogP contribution in [-0.2, 0) is 4.79 Å². The first-order valence-corrected chi connectivity index (χ1v) is 7.04. The van der Waals surface area contributed by atoms with Crippen LogP contribution in [0.4, 0.5) is 11.5 Å². The Morgan fingerprint density at radius 2 is 2.10 bits per heavy atom. The first-order chi connectivity index (χ1) is 9.97. The van der Waals surface area contributed by atoms with Crippen LogP contribution in [0.5, 0.6) is 0 Å². The van der Waals surface area contributed by atoms with Crippen molar-refractivity contribution < 1.29 is 9.32 Å². The highest BCUT2D eigenvalue weighted by molar-refractivity contribution is 5.93. The van der Waals surface area contributed by atoms with Crippen molar-refractivity contribution in [1.82, 2.24) is 5.16 Å². The van der Waals surface area contributed by atoms with Gasteiger partial charge in [-0.15, -0.1) is 0 Å². The number of rotatable bonds is 5. The Morgan fingerprint density at radius 3 is 2.71 bits per heavy atom. The lowest BCUT2D eigenvalue weighted by Gasteiger charge is -2.16. The maximum Gasteiger partial charge on any atom is 0.244 e. The summed E-state index contributed by atoms with van der Waals surface area (Å²) in [7, 11) is 0. The first kappa shape index (κ1) is 15.1. The third-order valence-electron chi connectivity index (χ3n) is 3.25. The van der Waals surface area contributed by atoms with E-state index in [9.17, 15) is 4.79 Å². The maximum absolute atomic E-state index is 11.9. The van der Waals surface area contributed by atoms with Crippen molar-refractivity contribution >= 4 is 17.4 Å². The molecule has 0 aliphatic carbocycles. The van der Waals surface area contributed by atoms with E-state index in [0.717, 1.165) is 11.3 Å². The van der Waals surface area contributed by atoms with Crippen LogP contribution in [-0.4, -0.2) is 17.6 Å². The second-order valence-corrected chi connectivity index (χ2v) is 5.42. The molecule has 0 saturated heterocycles. The highest BCUT2D eigenvalue weighted by Gasteiger charge is 2.11. The molecular formula is C16H21N3O2. The zero-order valence-corrected chi connectivity index (χ0v) is 12.9. The number of nitrogens with zero attached hydrogens (tertiary/aromatic N) is 1. The summed E-state index contributed by atoms with van der Waals surface area (Å²) in [4.78, 5) is 11.9. The lowest BCUT2D eigenvalue weighted by atomic mass is 9.98. The Bertz CT molecular complexity index is 632. The smallest absolute Gasteiger partial charge is 0.244 e. The number of hydrogen-bond donors (Lipinski definition) is 2. The fraction of sp³-hybridized carbons (Fsp3) is 0.375. The van der Waals surface area contributed by atoms with E-state index in [1.54, 1.807) is 13.0 Å². The number of aromatic nitrogens is 1. The molecule has 0 unspecified atom stereocenters. The topological polar surface area (TPSA) is 67.2 Å². The van der Waals surface area contributed by atoms with Crippen molar-refractivity contribution in [2.75, 3.05) is 17.2 Å². The minimum Gasteiger partial charge on any atom is -0.376 e. The standard InChI is InChI=1S/C16H21N3O2/c1-10(2)13-7-5-6-11(3)16(13)17-9-15(20)18-14-8-12(4)21-19-14/h5-8,10,17H,9H2,1-4H3,(H,18,19,20). The van der Waals surface area contributed by atoms with Gasteiger partial charge in [0.25, 0.3) is 0 Å². The van der Waals surface area contributed by atoms with Gasteiger partial charge >= 0.3 is 0 Å². The summed E-state index contributed by atoms with van der Waals surface area (Å²) in [5, 5.41) is 9.65. The van der Waals surface area contributed by atoms with E-state index in [1.807, 2.05) is 19.1 Å². The predicted molar refractivity (Wildman–Crippen MR) is 83.6 cm³/mol. The molecule has 0 fully saturated rings. The third kappa shape index (κ3) is 3.84. The molecule has 2 rings (SSSR count). The van der Waals surface area contributed by atoms with Crippen molar-refractivity contribution in [3.8, 4) is 0 Å². The molecule has 0 aliphatic heterocycles. The monoisotopic (exact) mass is 287 g/mol. The first-order valence-electron chi connectivity index (χ1n) is 7.04. The van der Waals surface area contributed by atoms with Gasteiger partial charge in [-0.05, 0) is 30.9 Å². The van der Waals surface area contributed by atoms with Crippen LogP contribution in [0.3, 0.4) is 0 Å². The summed E-state index contributed by atoms with van der Waals surface area (Å²) in [6.07, 6.45) is 0. The van der Waals surface area contributed by atoms with Crippen molar-refractivity contribution in [3.05, 3.63) is 41.2 Å². The van der Waals surface area contributed by atoms with Crippen LogP contribution in [0.2, 0.25) is 0 Å². The second-order valence-electron chi connectivity index (χ2n) is 5.42. The zero-order chi connectivity index (χ0) is 15.4.